The van der Waals surface area contributed by atoms with Crippen molar-refractivity contribution >= 4 is 0 Å². The molecular formula is C17H27NO. The van der Waals surface area contributed by atoms with Gasteiger partial charge in [-0.1, -0.05) is 39.3 Å². The molecule has 0 aromatic heterocycles. The monoisotopic (exact) mass is 261 g/mol. The van der Waals surface area contributed by atoms with Gasteiger partial charge < -0.3 is 10.1 Å². The van der Waals surface area contributed by atoms with Crippen LogP contribution in [0.25, 0.3) is 0 Å². The number of nitrogens with one attached hydrogen (secondary N) is 1. The highest BCUT2D eigenvalue weighted by molar-refractivity contribution is 5.45. The van der Waals surface area contributed by atoms with Crippen LogP contribution in [0.4, 0.5) is 0 Å². The Kier molecular flexibility index (Phi) is 5.26. The van der Waals surface area contributed by atoms with E-state index >= 15 is 0 Å². The van der Waals surface area contributed by atoms with Gasteiger partial charge in [-0.2, -0.15) is 0 Å². The molecule has 2 heteroatoms. The number of benzene rings is 1. The normalized spacial score (nSPS) is 19.2. The maximum absolute atomic E-state index is 6.06. The van der Waals surface area contributed by atoms with E-state index in [1.165, 1.54) is 30.4 Å². The van der Waals surface area contributed by atoms with E-state index in [2.05, 4.69) is 44.3 Å². The summed E-state index contributed by atoms with van der Waals surface area (Å²) in [5, 5.41) is 3.56. The first-order valence-corrected chi connectivity index (χ1v) is 7.74. The van der Waals surface area contributed by atoms with Crippen LogP contribution in [-0.2, 0) is 6.42 Å². The van der Waals surface area contributed by atoms with E-state index in [-0.39, 0.29) is 0 Å². The zero-order valence-corrected chi connectivity index (χ0v) is 12.5. The van der Waals surface area contributed by atoms with Gasteiger partial charge in [-0.05, 0) is 48.9 Å². The quantitative estimate of drug-likeness (QED) is 0.798. The van der Waals surface area contributed by atoms with E-state index in [0.29, 0.717) is 12.0 Å². The lowest BCUT2D eigenvalue weighted by Gasteiger charge is -2.16. The predicted octanol–water partition coefficient (Wildman–Crippen LogP) is 4.10. The Balaban J connectivity index is 2.03. The first-order chi connectivity index (χ1) is 9.26. The highest BCUT2D eigenvalue weighted by atomic mass is 16.5. The zero-order chi connectivity index (χ0) is 13.7. The van der Waals surface area contributed by atoms with Gasteiger partial charge in [-0.25, -0.2) is 0 Å². The second kappa shape index (κ2) is 6.95. The van der Waals surface area contributed by atoms with Crippen LogP contribution in [-0.4, -0.2) is 13.2 Å². The van der Waals surface area contributed by atoms with Crippen LogP contribution in [0.5, 0.6) is 5.75 Å². The Labute approximate surface area is 117 Å². The lowest BCUT2D eigenvalue weighted by Crippen LogP contribution is -2.18. The van der Waals surface area contributed by atoms with E-state index in [0.717, 1.165) is 25.3 Å². The van der Waals surface area contributed by atoms with Gasteiger partial charge in [0.1, 0.15) is 5.75 Å². The summed E-state index contributed by atoms with van der Waals surface area (Å²) < 4.78 is 6.06. The summed E-state index contributed by atoms with van der Waals surface area (Å²) in [7, 11) is 0. The van der Waals surface area contributed by atoms with E-state index in [4.69, 9.17) is 4.74 Å². The number of rotatable bonds is 7. The number of hydrogen-bond donors (Lipinski definition) is 1. The van der Waals surface area contributed by atoms with Crippen molar-refractivity contribution in [1.82, 2.24) is 5.32 Å². The van der Waals surface area contributed by atoms with Crippen LogP contribution in [0.2, 0.25) is 0 Å². The van der Waals surface area contributed by atoms with Crippen molar-refractivity contribution in [1.29, 1.82) is 0 Å². The molecule has 0 fully saturated rings. The van der Waals surface area contributed by atoms with Gasteiger partial charge in [0.2, 0.25) is 0 Å². The molecule has 1 aliphatic carbocycles. The van der Waals surface area contributed by atoms with Crippen molar-refractivity contribution in [2.45, 2.75) is 52.5 Å². The fraction of sp³-hybridized carbons (Fsp3) is 0.647. The minimum absolute atomic E-state index is 0.525. The molecule has 0 saturated heterocycles. The van der Waals surface area contributed by atoms with Crippen molar-refractivity contribution < 1.29 is 4.74 Å². The predicted molar refractivity (Wildman–Crippen MR) is 80.7 cm³/mol. The second-order valence-corrected chi connectivity index (χ2v) is 5.68. The van der Waals surface area contributed by atoms with Crippen LogP contribution in [0.1, 0.15) is 57.2 Å². The first-order valence-electron chi connectivity index (χ1n) is 7.74. The molecule has 0 aliphatic heterocycles. The molecule has 1 N–H and O–H groups in total. The van der Waals surface area contributed by atoms with Crippen molar-refractivity contribution in [2.24, 2.45) is 5.92 Å². The topological polar surface area (TPSA) is 21.3 Å². The first kappa shape index (κ1) is 14.4. The molecule has 0 saturated carbocycles. The largest absolute Gasteiger partial charge is 0.493 e. The van der Waals surface area contributed by atoms with Gasteiger partial charge in [0.15, 0.2) is 0 Å². The molecule has 0 bridgehead atoms. The summed E-state index contributed by atoms with van der Waals surface area (Å²) in [6.07, 6.45) is 4.83. The minimum Gasteiger partial charge on any atom is -0.493 e. The SMILES string of the molecule is CCCC(C)COc1cccc2c1CCC2NCC. The molecule has 0 radical (unpaired) electrons. The minimum atomic E-state index is 0.525. The van der Waals surface area contributed by atoms with Crippen LogP contribution in [0, 0.1) is 5.92 Å². The summed E-state index contributed by atoms with van der Waals surface area (Å²) in [5.41, 5.74) is 2.87. The molecule has 19 heavy (non-hydrogen) atoms. The van der Waals surface area contributed by atoms with E-state index < -0.39 is 0 Å². The van der Waals surface area contributed by atoms with Gasteiger partial charge in [-0.3, -0.25) is 0 Å². The molecule has 2 rings (SSSR count). The fourth-order valence-corrected chi connectivity index (χ4v) is 3.02. The molecular weight excluding hydrogens is 234 g/mol. The maximum Gasteiger partial charge on any atom is 0.122 e. The third-order valence-corrected chi connectivity index (χ3v) is 3.98. The third kappa shape index (κ3) is 3.50. The van der Waals surface area contributed by atoms with Crippen LogP contribution < -0.4 is 10.1 Å². The lowest BCUT2D eigenvalue weighted by molar-refractivity contribution is 0.249. The van der Waals surface area contributed by atoms with Gasteiger partial charge in [0.05, 0.1) is 6.61 Å². The van der Waals surface area contributed by atoms with Crippen molar-refractivity contribution in [3.05, 3.63) is 29.3 Å². The number of fused-ring (bicyclic) bond motifs is 1. The standard InChI is InChI=1S/C17H27NO/c1-4-7-13(3)12-19-17-9-6-8-14-15(17)10-11-16(14)18-5-2/h6,8-9,13,16,18H,4-5,7,10-12H2,1-3H3. The lowest BCUT2D eigenvalue weighted by atomic mass is 10.1. The number of hydrogen-bond acceptors (Lipinski definition) is 2. The molecule has 106 valence electrons. The average Bonchev–Trinajstić information content (AvgIpc) is 2.81. The smallest absolute Gasteiger partial charge is 0.122 e. The molecule has 1 aliphatic rings. The fourth-order valence-electron chi connectivity index (χ4n) is 3.02. The van der Waals surface area contributed by atoms with E-state index in [1.54, 1.807) is 0 Å². The number of ether oxygens (including phenoxy) is 1. The maximum atomic E-state index is 6.06. The Morgan fingerprint density at radius 2 is 2.21 bits per heavy atom. The van der Waals surface area contributed by atoms with Crippen molar-refractivity contribution in [2.75, 3.05) is 13.2 Å². The highest BCUT2D eigenvalue weighted by Crippen LogP contribution is 2.37. The highest BCUT2D eigenvalue weighted by Gasteiger charge is 2.24. The van der Waals surface area contributed by atoms with E-state index in [9.17, 15) is 0 Å². The summed E-state index contributed by atoms with van der Waals surface area (Å²) in [4.78, 5) is 0. The van der Waals surface area contributed by atoms with Gasteiger partial charge in [-0.15, -0.1) is 0 Å². The van der Waals surface area contributed by atoms with Crippen LogP contribution in [0.3, 0.4) is 0 Å². The van der Waals surface area contributed by atoms with E-state index in [1.807, 2.05) is 0 Å². The molecule has 2 unspecified atom stereocenters. The van der Waals surface area contributed by atoms with Gasteiger partial charge in [0, 0.05) is 6.04 Å². The molecule has 0 spiro atoms. The average molecular weight is 261 g/mol. The summed E-state index contributed by atoms with van der Waals surface area (Å²) in [5.74, 6) is 1.76. The van der Waals surface area contributed by atoms with Crippen molar-refractivity contribution in [3.8, 4) is 5.75 Å². The summed E-state index contributed by atoms with van der Waals surface area (Å²) >= 11 is 0. The summed E-state index contributed by atoms with van der Waals surface area (Å²) in [6.45, 7) is 8.55. The second-order valence-electron chi connectivity index (χ2n) is 5.68. The van der Waals surface area contributed by atoms with Crippen LogP contribution in [0.15, 0.2) is 18.2 Å². The molecule has 2 atom stereocenters. The third-order valence-electron chi connectivity index (χ3n) is 3.98. The Morgan fingerprint density at radius 3 is 2.95 bits per heavy atom. The Hall–Kier alpha value is -1.02. The summed E-state index contributed by atoms with van der Waals surface area (Å²) in [6, 6.07) is 7.04. The van der Waals surface area contributed by atoms with Gasteiger partial charge >= 0.3 is 0 Å². The Morgan fingerprint density at radius 1 is 1.37 bits per heavy atom. The van der Waals surface area contributed by atoms with Crippen molar-refractivity contribution in [3.63, 3.8) is 0 Å². The molecule has 1 aromatic carbocycles. The molecule has 0 amide bonds. The zero-order valence-electron chi connectivity index (χ0n) is 12.5. The molecule has 2 nitrogen and oxygen atoms in total. The molecule has 0 heterocycles. The van der Waals surface area contributed by atoms with Crippen LogP contribution >= 0.6 is 0 Å². The Bertz CT molecular complexity index is 402. The van der Waals surface area contributed by atoms with Gasteiger partial charge in [0.25, 0.3) is 0 Å². The molecule has 1 aromatic rings.